The van der Waals surface area contributed by atoms with Crippen LogP contribution in [0.15, 0.2) is 18.2 Å². The molecule has 1 aliphatic heterocycles. The van der Waals surface area contributed by atoms with E-state index in [1.165, 1.54) is 12.1 Å². The van der Waals surface area contributed by atoms with Crippen LogP contribution in [0.5, 0.6) is 0 Å². The van der Waals surface area contributed by atoms with Gasteiger partial charge in [-0.2, -0.15) is 13.2 Å². The molecule has 6 heteroatoms. The van der Waals surface area contributed by atoms with Gasteiger partial charge in [-0.25, -0.2) is 0 Å². The molecule has 0 radical (unpaired) electrons. The topological polar surface area (TPSA) is 35.5 Å². The Morgan fingerprint density at radius 2 is 2.10 bits per heavy atom. The molecule has 1 saturated heterocycles. The third-order valence-corrected chi connectivity index (χ3v) is 3.81. The average Bonchev–Trinajstić information content (AvgIpc) is 2.37. The van der Waals surface area contributed by atoms with Crippen molar-refractivity contribution in [1.29, 1.82) is 0 Å². The Morgan fingerprint density at radius 3 is 2.67 bits per heavy atom. The first-order chi connectivity index (χ1) is 9.73. The highest BCUT2D eigenvalue weighted by atomic mass is 19.4. The first-order valence-corrected chi connectivity index (χ1v) is 7.05. The van der Waals surface area contributed by atoms with Crippen LogP contribution in [0.1, 0.15) is 30.9 Å². The van der Waals surface area contributed by atoms with Gasteiger partial charge >= 0.3 is 6.18 Å². The van der Waals surface area contributed by atoms with E-state index in [1.807, 2.05) is 4.90 Å². The van der Waals surface area contributed by atoms with E-state index in [9.17, 15) is 18.3 Å². The molecular formula is C15H21F3N2O. The van der Waals surface area contributed by atoms with E-state index in [0.29, 0.717) is 25.2 Å². The highest BCUT2D eigenvalue weighted by molar-refractivity contribution is 5.52. The molecule has 0 spiro atoms. The predicted octanol–water partition coefficient (Wildman–Crippen LogP) is 2.78. The van der Waals surface area contributed by atoms with Gasteiger partial charge in [-0.15, -0.1) is 0 Å². The van der Waals surface area contributed by atoms with Gasteiger partial charge in [0.2, 0.25) is 0 Å². The molecule has 1 atom stereocenters. The van der Waals surface area contributed by atoms with Gasteiger partial charge in [0, 0.05) is 25.3 Å². The zero-order chi connectivity index (χ0) is 15.7. The third-order valence-electron chi connectivity index (χ3n) is 3.81. The summed E-state index contributed by atoms with van der Waals surface area (Å²) < 4.78 is 39.5. The van der Waals surface area contributed by atoms with E-state index < -0.39 is 17.3 Å². The predicted molar refractivity (Wildman–Crippen MR) is 76.3 cm³/mol. The van der Waals surface area contributed by atoms with Gasteiger partial charge in [-0.3, -0.25) is 0 Å². The fourth-order valence-corrected chi connectivity index (χ4v) is 2.81. The van der Waals surface area contributed by atoms with Crippen molar-refractivity contribution in [3.8, 4) is 0 Å². The molecule has 2 rings (SSSR count). The number of benzene rings is 1. The fourth-order valence-electron chi connectivity index (χ4n) is 2.81. The molecule has 2 N–H and O–H groups in total. The lowest BCUT2D eigenvalue weighted by molar-refractivity contribution is -0.138. The summed E-state index contributed by atoms with van der Waals surface area (Å²) >= 11 is 0. The third kappa shape index (κ3) is 3.89. The summed E-state index contributed by atoms with van der Waals surface area (Å²) in [4.78, 5) is 1.82. The molecule has 1 aromatic carbocycles. The van der Waals surface area contributed by atoms with E-state index in [2.05, 4.69) is 5.32 Å². The van der Waals surface area contributed by atoms with Crippen LogP contribution < -0.4 is 10.2 Å². The van der Waals surface area contributed by atoms with E-state index in [0.717, 1.165) is 6.42 Å². The summed E-state index contributed by atoms with van der Waals surface area (Å²) in [6.07, 6.45) is -2.93. The van der Waals surface area contributed by atoms with Gasteiger partial charge in [-0.1, -0.05) is 6.07 Å². The van der Waals surface area contributed by atoms with Gasteiger partial charge < -0.3 is 15.3 Å². The minimum absolute atomic E-state index is 0.173. The van der Waals surface area contributed by atoms with Gasteiger partial charge in [0.05, 0.1) is 11.2 Å². The second-order valence-corrected chi connectivity index (χ2v) is 5.89. The molecule has 1 aliphatic rings. The Morgan fingerprint density at radius 1 is 1.38 bits per heavy atom. The van der Waals surface area contributed by atoms with Crippen molar-refractivity contribution in [2.45, 2.75) is 38.1 Å². The average molecular weight is 302 g/mol. The summed E-state index contributed by atoms with van der Waals surface area (Å²) in [7, 11) is 1.62. The Labute approximate surface area is 122 Å². The Balaban J connectivity index is 2.33. The first-order valence-electron chi connectivity index (χ1n) is 7.05. The summed E-state index contributed by atoms with van der Waals surface area (Å²) in [5.41, 5.74) is -0.709. The summed E-state index contributed by atoms with van der Waals surface area (Å²) in [5, 5.41) is 12.9. The Kier molecular flexibility index (Phi) is 4.49. The van der Waals surface area contributed by atoms with Crippen molar-refractivity contribution in [2.75, 3.05) is 25.0 Å². The highest BCUT2D eigenvalue weighted by Gasteiger charge is 2.35. The lowest BCUT2D eigenvalue weighted by atomic mass is 9.94. The number of rotatable bonds is 3. The van der Waals surface area contributed by atoms with Gasteiger partial charge in [0.15, 0.2) is 0 Å². The maximum absolute atomic E-state index is 13.2. The van der Waals surface area contributed by atoms with E-state index in [1.54, 1.807) is 20.0 Å². The number of alkyl halides is 3. The SMILES string of the molecule is CNCc1ccc(N2CCCC(C)(O)C2)cc1C(F)(F)F. The smallest absolute Gasteiger partial charge is 0.388 e. The van der Waals surface area contributed by atoms with E-state index in [-0.39, 0.29) is 12.1 Å². The lowest BCUT2D eigenvalue weighted by Gasteiger charge is -2.38. The second kappa shape index (κ2) is 5.85. The van der Waals surface area contributed by atoms with Crippen molar-refractivity contribution in [1.82, 2.24) is 5.32 Å². The molecule has 0 bridgehead atoms. The number of piperidine rings is 1. The summed E-state index contributed by atoms with van der Waals surface area (Å²) in [6.45, 7) is 2.92. The standard InChI is InChI=1S/C15H21F3N2O/c1-14(21)6-3-7-20(10-14)12-5-4-11(9-19-2)13(8-12)15(16,17)18/h4-5,8,19,21H,3,6-7,9-10H2,1-2H3. The normalized spacial score (nSPS) is 23.4. The number of β-amino-alcohol motifs (C(OH)–C–C–N with tert-alkyl or cyclic N) is 1. The molecule has 3 nitrogen and oxygen atoms in total. The van der Waals surface area contributed by atoms with Crippen molar-refractivity contribution in [3.63, 3.8) is 0 Å². The van der Waals surface area contributed by atoms with Crippen LogP contribution in [0.2, 0.25) is 0 Å². The summed E-state index contributed by atoms with van der Waals surface area (Å²) in [5.74, 6) is 0. The molecule has 0 aromatic heterocycles. The number of hydrogen-bond acceptors (Lipinski definition) is 3. The molecule has 21 heavy (non-hydrogen) atoms. The molecule has 1 heterocycles. The molecule has 0 aliphatic carbocycles. The molecule has 0 amide bonds. The minimum Gasteiger partial charge on any atom is -0.388 e. The number of anilines is 1. The Bertz CT molecular complexity index is 500. The maximum Gasteiger partial charge on any atom is 0.416 e. The second-order valence-electron chi connectivity index (χ2n) is 5.89. The van der Waals surface area contributed by atoms with Crippen molar-refractivity contribution in [3.05, 3.63) is 29.3 Å². The molecular weight excluding hydrogens is 281 g/mol. The highest BCUT2D eigenvalue weighted by Crippen LogP contribution is 2.36. The van der Waals surface area contributed by atoms with Crippen LogP contribution in [0, 0.1) is 0 Å². The largest absolute Gasteiger partial charge is 0.416 e. The van der Waals surface area contributed by atoms with Gasteiger partial charge in [-0.05, 0) is 44.5 Å². The number of aliphatic hydroxyl groups is 1. The van der Waals surface area contributed by atoms with Crippen LogP contribution in [0.4, 0.5) is 18.9 Å². The minimum atomic E-state index is -4.37. The van der Waals surface area contributed by atoms with Gasteiger partial charge in [0.25, 0.3) is 0 Å². The van der Waals surface area contributed by atoms with E-state index in [4.69, 9.17) is 0 Å². The number of halogens is 3. The van der Waals surface area contributed by atoms with Crippen molar-refractivity contribution < 1.29 is 18.3 Å². The van der Waals surface area contributed by atoms with Crippen LogP contribution >= 0.6 is 0 Å². The maximum atomic E-state index is 13.2. The number of hydrogen-bond donors (Lipinski definition) is 2. The summed E-state index contributed by atoms with van der Waals surface area (Å²) in [6, 6.07) is 4.40. The molecule has 1 aromatic rings. The number of nitrogens with one attached hydrogen (secondary N) is 1. The monoisotopic (exact) mass is 302 g/mol. The van der Waals surface area contributed by atoms with Crippen LogP contribution in [0.3, 0.4) is 0 Å². The number of nitrogens with zero attached hydrogens (tertiary/aromatic N) is 1. The molecule has 1 unspecified atom stereocenters. The zero-order valence-corrected chi connectivity index (χ0v) is 12.3. The van der Waals surface area contributed by atoms with Crippen LogP contribution in [-0.2, 0) is 12.7 Å². The van der Waals surface area contributed by atoms with Crippen LogP contribution in [0.25, 0.3) is 0 Å². The fraction of sp³-hybridized carbons (Fsp3) is 0.600. The molecule has 118 valence electrons. The molecule has 0 saturated carbocycles. The molecule has 1 fully saturated rings. The zero-order valence-electron chi connectivity index (χ0n) is 12.3. The quantitative estimate of drug-likeness (QED) is 0.901. The van der Waals surface area contributed by atoms with Crippen LogP contribution in [-0.4, -0.2) is 30.8 Å². The van der Waals surface area contributed by atoms with Crippen molar-refractivity contribution >= 4 is 5.69 Å². The first kappa shape index (κ1) is 16.1. The lowest BCUT2D eigenvalue weighted by Crippen LogP contribution is -2.46. The van der Waals surface area contributed by atoms with Crippen molar-refractivity contribution in [2.24, 2.45) is 0 Å². The van der Waals surface area contributed by atoms with Gasteiger partial charge in [0.1, 0.15) is 0 Å². The Hall–Kier alpha value is -1.27. The van der Waals surface area contributed by atoms with E-state index >= 15 is 0 Å².